The molecule has 0 aliphatic carbocycles. The molecule has 7 heteroatoms. The van der Waals surface area contributed by atoms with Gasteiger partial charge in [-0.1, -0.05) is 12.1 Å². The van der Waals surface area contributed by atoms with Crippen molar-refractivity contribution in [2.24, 2.45) is 7.05 Å². The summed E-state index contributed by atoms with van der Waals surface area (Å²) in [5.74, 6) is 1.24. The number of imidazole rings is 1. The second-order valence-electron chi connectivity index (χ2n) is 6.73. The van der Waals surface area contributed by atoms with Crippen molar-refractivity contribution in [1.29, 1.82) is 0 Å². The maximum Gasteiger partial charge on any atom is 0.410 e. The second kappa shape index (κ2) is 6.38. The van der Waals surface area contributed by atoms with Gasteiger partial charge in [0.05, 0.1) is 17.6 Å². The Bertz CT molecular complexity index is 816. The lowest BCUT2D eigenvalue weighted by Crippen LogP contribution is -2.45. The molecule has 7 nitrogen and oxygen atoms in total. The van der Waals surface area contributed by atoms with Crippen molar-refractivity contribution in [3.63, 3.8) is 0 Å². The summed E-state index contributed by atoms with van der Waals surface area (Å²) in [5, 5.41) is 0. The van der Waals surface area contributed by atoms with Gasteiger partial charge in [0, 0.05) is 26.1 Å². The van der Waals surface area contributed by atoms with Crippen molar-refractivity contribution in [3.05, 3.63) is 30.1 Å². The van der Waals surface area contributed by atoms with E-state index < -0.39 is 6.09 Å². The predicted molar refractivity (Wildman–Crippen MR) is 92.2 cm³/mol. The third-order valence-corrected chi connectivity index (χ3v) is 5.13. The number of aryl methyl sites for hydroxylation is 1. The van der Waals surface area contributed by atoms with Gasteiger partial charge in [-0.15, -0.1) is 0 Å². The zero-order valence-electron chi connectivity index (χ0n) is 14.4. The molecule has 1 aromatic heterocycles. The summed E-state index contributed by atoms with van der Waals surface area (Å²) >= 11 is 0. The smallest absolute Gasteiger partial charge is 0.410 e. The molecule has 2 fully saturated rings. The lowest BCUT2D eigenvalue weighted by molar-refractivity contribution is -0.133. The molecule has 25 heavy (non-hydrogen) atoms. The summed E-state index contributed by atoms with van der Waals surface area (Å²) in [7, 11) is 2.03. The fourth-order valence-corrected chi connectivity index (χ4v) is 3.78. The third kappa shape index (κ3) is 2.94. The number of rotatable bonds is 3. The number of ether oxygens (including phenoxy) is 1. The molecular formula is C18H22N4O3. The SMILES string of the molecule is Cn1c([C@@H]2CCCN(C(=O)CN3CCOC3=O)C2)nc2ccccc21. The van der Waals surface area contributed by atoms with Crippen LogP contribution in [0.25, 0.3) is 11.0 Å². The number of para-hydroxylation sites is 2. The summed E-state index contributed by atoms with van der Waals surface area (Å²) in [5.41, 5.74) is 2.10. The standard InChI is InChI=1S/C18H22N4O3/c1-20-15-7-3-2-6-14(15)19-17(20)13-5-4-8-21(11-13)16(23)12-22-9-10-25-18(22)24/h2-3,6-7,13H,4-5,8-12H2,1H3/t13-/m1/s1. The molecule has 0 radical (unpaired) electrons. The van der Waals surface area contributed by atoms with Gasteiger partial charge in [-0.2, -0.15) is 0 Å². The predicted octanol–water partition coefficient (Wildman–Crippen LogP) is 1.73. The average Bonchev–Trinajstić information content (AvgIpc) is 3.19. The number of nitrogens with zero attached hydrogens (tertiary/aromatic N) is 4. The first-order chi connectivity index (χ1) is 12.1. The molecule has 132 valence electrons. The number of benzene rings is 1. The monoisotopic (exact) mass is 342 g/mol. The normalized spacial score (nSPS) is 21.0. The molecule has 4 rings (SSSR count). The Kier molecular flexibility index (Phi) is 4.07. The Morgan fingerprint density at radius 1 is 1.32 bits per heavy atom. The Hall–Kier alpha value is -2.57. The van der Waals surface area contributed by atoms with Crippen molar-refractivity contribution in [2.45, 2.75) is 18.8 Å². The van der Waals surface area contributed by atoms with E-state index in [4.69, 9.17) is 9.72 Å². The molecular weight excluding hydrogens is 320 g/mol. The highest BCUT2D eigenvalue weighted by molar-refractivity contribution is 5.83. The van der Waals surface area contributed by atoms with E-state index in [9.17, 15) is 9.59 Å². The molecule has 0 spiro atoms. The largest absolute Gasteiger partial charge is 0.448 e. The molecule has 2 saturated heterocycles. The molecule has 1 aromatic carbocycles. The average molecular weight is 342 g/mol. The number of amides is 2. The highest BCUT2D eigenvalue weighted by Crippen LogP contribution is 2.28. The third-order valence-electron chi connectivity index (χ3n) is 5.13. The molecule has 1 atom stereocenters. The Morgan fingerprint density at radius 2 is 2.16 bits per heavy atom. The van der Waals surface area contributed by atoms with Crippen LogP contribution in [0, 0.1) is 0 Å². The molecule has 0 bridgehead atoms. The van der Waals surface area contributed by atoms with Gasteiger partial charge in [0.1, 0.15) is 19.0 Å². The fraction of sp³-hybridized carbons (Fsp3) is 0.500. The van der Waals surface area contributed by atoms with Crippen LogP contribution in [0.15, 0.2) is 24.3 Å². The van der Waals surface area contributed by atoms with E-state index in [2.05, 4.69) is 10.6 Å². The van der Waals surface area contributed by atoms with Crippen LogP contribution in [0.2, 0.25) is 0 Å². The number of aromatic nitrogens is 2. The minimum Gasteiger partial charge on any atom is -0.448 e. The number of piperidine rings is 1. The maximum atomic E-state index is 12.6. The summed E-state index contributed by atoms with van der Waals surface area (Å²) < 4.78 is 7.03. The lowest BCUT2D eigenvalue weighted by atomic mass is 9.97. The zero-order valence-corrected chi connectivity index (χ0v) is 14.4. The first kappa shape index (κ1) is 15.9. The van der Waals surface area contributed by atoms with Crippen molar-refractivity contribution < 1.29 is 14.3 Å². The number of fused-ring (bicyclic) bond motifs is 1. The van der Waals surface area contributed by atoms with Gasteiger partial charge in [0.25, 0.3) is 0 Å². The van der Waals surface area contributed by atoms with Gasteiger partial charge >= 0.3 is 6.09 Å². The molecule has 2 aliphatic rings. The number of hydrogen-bond acceptors (Lipinski definition) is 4. The van der Waals surface area contributed by atoms with Crippen molar-refractivity contribution in [2.75, 3.05) is 32.8 Å². The fourth-order valence-electron chi connectivity index (χ4n) is 3.78. The van der Waals surface area contributed by atoms with Gasteiger partial charge in [0.2, 0.25) is 5.91 Å². The summed E-state index contributed by atoms with van der Waals surface area (Å²) in [6.07, 6.45) is 1.58. The number of carbonyl (C=O) groups excluding carboxylic acids is 2. The first-order valence-corrected chi connectivity index (χ1v) is 8.74. The molecule has 2 amide bonds. The maximum absolute atomic E-state index is 12.6. The Morgan fingerprint density at radius 3 is 2.92 bits per heavy atom. The molecule has 3 heterocycles. The van der Waals surface area contributed by atoms with Crippen LogP contribution in [0.5, 0.6) is 0 Å². The Labute approximate surface area is 146 Å². The van der Waals surface area contributed by atoms with Gasteiger partial charge in [-0.3, -0.25) is 9.69 Å². The summed E-state index contributed by atoms with van der Waals surface area (Å²) in [4.78, 5) is 32.2. The summed E-state index contributed by atoms with van der Waals surface area (Å²) in [6.45, 7) is 2.36. The van der Waals surface area contributed by atoms with E-state index in [1.165, 1.54) is 4.90 Å². The number of carbonyl (C=O) groups is 2. The van der Waals surface area contributed by atoms with Gasteiger partial charge in [0.15, 0.2) is 0 Å². The van der Waals surface area contributed by atoms with E-state index in [0.29, 0.717) is 19.7 Å². The number of cyclic esters (lactones) is 1. The van der Waals surface area contributed by atoms with Crippen LogP contribution in [0.3, 0.4) is 0 Å². The van der Waals surface area contributed by atoms with Crippen LogP contribution in [-0.2, 0) is 16.6 Å². The van der Waals surface area contributed by atoms with Crippen molar-refractivity contribution >= 4 is 23.0 Å². The Balaban J connectivity index is 1.49. The number of likely N-dealkylation sites (tertiary alicyclic amines) is 1. The summed E-state index contributed by atoms with van der Waals surface area (Å²) in [6, 6.07) is 8.09. The van der Waals surface area contributed by atoms with Crippen LogP contribution in [-0.4, -0.2) is 64.1 Å². The van der Waals surface area contributed by atoms with Crippen LogP contribution < -0.4 is 0 Å². The van der Waals surface area contributed by atoms with E-state index in [-0.39, 0.29) is 18.4 Å². The van der Waals surface area contributed by atoms with Crippen molar-refractivity contribution in [1.82, 2.24) is 19.4 Å². The topological polar surface area (TPSA) is 67.7 Å². The molecule has 0 saturated carbocycles. The van der Waals surface area contributed by atoms with Gasteiger partial charge in [-0.25, -0.2) is 9.78 Å². The minimum absolute atomic E-state index is 0.0117. The minimum atomic E-state index is -0.391. The van der Waals surface area contributed by atoms with Crippen LogP contribution >= 0.6 is 0 Å². The quantitative estimate of drug-likeness (QED) is 0.852. The van der Waals surface area contributed by atoms with Gasteiger partial charge < -0.3 is 14.2 Å². The number of hydrogen-bond donors (Lipinski definition) is 0. The first-order valence-electron chi connectivity index (χ1n) is 8.74. The molecule has 2 aliphatic heterocycles. The lowest BCUT2D eigenvalue weighted by Gasteiger charge is -2.33. The van der Waals surface area contributed by atoms with Crippen LogP contribution in [0.1, 0.15) is 24.6 Å². The van der Waals surface area contributed by atoms with Crippen LogP contribution in [0.4, 0.5) is 4.79 Å². The molecule has 0 N–H and O–H groups in total. The molecule has 0 unspecified atom stereocenters. The van der Waals surface area contributed by atoms with E-state index in [0.717, 1.165) is 36.2 Å². The van der Waals surface area contributed by atoms with Gasteiger partial charge in [-0.05, 0) is 25.0 Å². The zero-order chi connectivity index (χ0) is 17.4. The van der Waals surface area contributed by atoms with E-state index >= 15 is 0 Å². The van der Waals surface area contributed by atoms with E-state index in [1.54, 1.807) is 0 Å². The molecule has 2 aromatic rings. The highest BCUT2D eigenvalue weighted by Gasteiger charge is 2.31. The highest BCUT2D eigenvalue weighted by atomic mass is 16.6. The van der Waals surface area contributed by atoms with Crippen molar-refractivity contribution in [3.8, 4) is 0 Å². The van der Waals surface area contributed by atoms with E-state index in [1.807, 2.05) is 30.1 Å². The second-order valence-corrected chi connectivity index (χ2v) is 6.73.